The number of aromatic amines is 1. The van der Waals surface area contributed by atoms with Crippen LogP contribution >= 0.6 is 11.3 Å². The number of hydrogen-bond acceptors (Lipinski definition) is 5. The Morgan fingerprint density at radius 1 is 1.26 bits per heavy atom. The number of H-pyrrole nitrogens is 1. The zero-order valence-electron chi connectivity index (χ0n) is 17.5. The van der Waals surface area contributed by atoms with E-state index in [9.17, 15) is 18.8 Å². The topological polar surface area (TPSA) is 91.9 Å². The summed E-state index contributed by atoms with van der Waals surface area (Å²) < 4.78 is 14.0. The number of anilines is 1. The average molecular weight is 440 g/mol. The van der Waals surface area contributed by atoms with Gasteiger partial charge in [0, 0.05) is 29.0 Å². The summed E-state index contributed by atoms with van der Waals surface area (Å²) in [5.74, 6) is -1.02. The molecular formula is C23H22FN3O3S. The molecular weight excluding hydrogens is 417 g/mol. The van der Waals surface area contributed by atoms with E-state index in [1.54, 1.807) is 25.1 Å². The number of benzene rings is 1. The van der Waals surface area contributed by atoms with Crippen LogP contribution in [-0.2, 0) is 12.8 Å². The monoisotopic (exact) mass is 439 g/mol. The third-order valence-corrected chi connectivity index (χ3v) is 6.46. The first-order valence-corrected chi connectivity index (χ1v) is 10.7. The maximum absolute atomic E-state index is 14.0. The van der Waals surface area contributed by atoms with Gasteiger partial charge in [-0.25, -0.2) is 9.37 Å². The van der Waals surface area contributed by atoms with Crippen molar-refractivity contribution in [3.63, 3.8) is 0 Å². The van der Waals surface area contributed by atoms with E-state index in [2.05, 4.69) is 15.3 Å². The molecule has 0 aliphatic heterocycles. The van der Waals surface area contributed by atoms with Crippen molar-refractivity contribution in [3.05, 3.63) is 79.5 Å². The van der Waals surface area contributed by atoms with Crippen molar-refractivity contribution in [3.8, 4) is 0 Å². The van der Waals surface area contributed by atoms with Gasteiger partial charge in [0.2, 0.25) is 0 Å². The Kier molecular flexibility index (Phi) is 5.35. The molecule has 1 aliphatic carbocycles. The molecule has 3 aromatic rings. The first kappa shape index (κ1) is 21.1. The lowest BCUT2D eigenvalue weighted by atomic mass is 9.75. The Labute approximate surface area is 182 Å². The van der Waals surface area contributed by atoms with E-state index in [0.29, 0.717) is 46.9 Å². The number of halogens is 1. The average Bonchev–Trinajstić information content (AvgIpc) is 3.00. The van der Waals surface area contributed by atoms with Gasteiger partial charge in [0.15, 0.2) is 10.9 Å². The summed E-state index contributed by atoms with van der Waals surface area (Å²) in [7, 11) is 0. The number of nitrogens with one attached hydrogen (secondary N) is 2. The second-order valence-corrected chi connectivity index (χ2v) is 9.68. The summed E-state index contributed by atoms with van der Waals surface area (Å²) in [4.78, 5) is 45.6. The number of ketones is 1. The summed E-state index contributed by atoms with van der Waals surface area (Å²) in [6.45, 7) is 5.72. The van der Waals surface area contributed by atoms with Gasteiger partial charge in [0.25, 0.3) is 11.5 Å². The first-order valence-electron chi connectivity index (χ1n) is 9.93. The number of aryl methyl sites for hydroxylation is 1. The molecule has 4 rings (SSSR count). The van der Waals surface area contributed by atoms with Gasteiger partial charge in [0.05, 0.1) is 5.69 Å². The van der Waals surface area contributed by atoms with Crippen LogP contribution < -0.4 is 10.9 Å². The smallest absolute Gasteiger partial charge is 0.263 e. The summed E-state index contributed by atoms with van der Waals surface area (Å²) in [5.41, 5.74) is 1.28. The Morgan fingerprint density at radius 2 is 2.00 bits per heavy atom. The van der Waals surface area contributed by atoms with E-state index in [1.165, 1.54) is 23.5 Å². The van der Waals surface area contributed by atoms with E-state index in [0.717, 1.165) is 4.88 Å². The van der Waals surface area contributed by atoms with Crippen LogP contribution in [0.1, 0.15) is 62.8 Å². The molecule has 1 aromatic carbocycles. The first-order chi connectivity index (χ1) is 14.6. The molecule has 6 nitrogen and oxygen atoms in total. The Morgan fingerprint density at radius 3 is 2.74 bits per heavy atom. The molecule has 160 valence electrons. The van der Waals surface area contributed by atoms with E-state index in [1.807, 2.05) is 13.8 Å². The highest BCUT2D eigenvalue weighted by Gasteiger charge is 2.32. The Bertz CT molecular complexity index is 1260. The summed E-state index contributed by atoms with van der Waals surface area (Å²) in [6.07, 6.45) is 1.28. The lowest BCUT2D eigenvalue weighted by molar-refractivity contribution is 0.0910. The van der Waals surface area contributed by atoms with Gasteiger partial charge in [-0.15, -0.1) is 11.3 Å². The predicted molar refractivity (Wildman–Crippen MR) is 118 cm³/mol. The van der Waals surface area contributed by atoms with E-state index < -0.39 is 11.5 Å². The normalized spacial score (nSPS) is 14.9. The van der Waals surface area contributed by atoms with Gasteiger partial charge < -0.3 is 4.98 Å². The number of hydrogen-bond donors (Lipinski definition) is 2. The maximum atomic E-state index is 14.0. The molecule has 0 radical (unpaired) electrons. The van der Waals surface area contributed by atoms with Gasteiger partial charge in [-0.1, -0.05) is 32.0 Å². The number of fused-ring (bicyclic) bond motifs is 1. The molecule has 0 saturated carbocycles. The van der Waals surface area contributed by atoms with Crippen molar-refractivity contribution in [2.45, 2.75) is 40.0 Å². The van der Waals surface area contributed by atoms with Crippen LogP contribution in [-0.4, -0.2) is 21.7 Å². The van der Waals surface area contributed by atoms with Gasteiger partial charge in [0.1, 0.15) is 11.4 Å². The van der Waals surface area contributed by atoms with Crippen LogP contribution in [0.3, 0.4) is 0 Å². The number of rotatable bonds is 4. The van der Waals surface area contributed by atoms with Crippen molar-refractivity contribution < 1.29 is 14.0 Å². The van der Waals surface area contributed by atoms with Crippen LogP contribution in [0.15, 0.2) is 35.1 Å². The number of thiazole rings is 1. The number of aromatic nitrogens is 2. The third-order valence-electron chi connectivity index (χ3n) is 5.38. The molecule has 0 atom stereocenters. The van der Waals surface area contributed by atoms with Crippen molar-refractivity contribution in [1.82, 2.24) is 9.97 Å². The number of carbonyl (C=O) groups excluding carboxylic acids is 2. The molecule has 1 amide bonds. The summed E-state index contributed by atoms with van der Waals surface area (Å²) in [5, 5.41) is 2.96. The molecule has 0 bridgehead atoms. The highest BCUT2D eigenvalue weighted by molar-refractivity contribution is 7.15. The number of carbonyl (C=O) groups is 2. The van der Waals surface area contributed by atoms with E-state index in [4.69, 9.17) is 0 Å². The number of nitrogens with zero attached hydrogens (tertiary/aromatic N) is 1. The second kappa shape index (κ2) is 7.85. The minimum Gasteiger partial charge on any atom is -0.325 e. The molecule has 2 aromatic heterocycles. The SMILES string of the molecule is Cc1nc(NC(=O)c2cc3c([nH]c2=O)CC(C)(C)CC3=O)sc1Cc1ccccc1F. The lowest BCUT2D eigenvalue weighted by Gasteiger charge is -2.29. The van der Waals surface area contributed by atoms with Crippen molar-refractivity contribution in [2.75, 3.05) is 5.32 Å². The zero-order valence-corrected chi connectivity index (χ0v) is 18.3. The molecule has 0 saturated heterocycles. The fourth-order valence-corrected chi connectivity index (χ4v) is 4.80. The zero-order chi connectivity index (χ0) is 22.3. The predicted octanol–water partition coefficient (Wildman–Crippen LogP) is 4.28. The number of Topliss-reactive ketones (excluding diaryl/α,β-unsaturated/α-hetero) is 1. The summed E-state index contributed by atoms with van der Waals surface area (Å²) >= 11 is 1.23. The van der Waals surface area contributed by atoms with Gasteiger partial charge in [-0.2, -0.15) is 0 Å². The molecule has 0 fully saturated rings. The largest absolute Gasteiger partial charge is 0.325 e. The van der Waals surface area contributed by atoms with Crippen molar-refractivity contribution in [2.24, 2.45) is 5.41 Å². The van der Waals surface area contributed by atoms with Crippen LogP contribution in [0.25, 0.3) is 0 Å². The molecule has 0 unspecified atom stereocenters. The quantitative estimate of drug-likeness (QED) is 0.635. The fraction of sp³-hybridized carbons (Fsp3) is 0.304. The highest BCUT2D eigenvalue weighted by Crippen LogP contribution is 2.33. The standard InChI is InChI=1S/C23H22FN3O3S/c1-12-19(8-13-6-4-5-7-16(13)24)31-22(25-12)27-21(30)15-9-14-17(26-20(15)29)10-23(2,3)11-18(14)28/h4-7,9H,8,10-11H2,1-3H3,(H,26,29)(H,25,27,30). The number of amides is 1. The van der Waals surface area contributed by atoms with Gasteiger partial charge in [-0.05, 0) is 36.5 Å². The van der Waals surface area contributed by atoms with E-state index >= 15 is 0 Å². The molecule has 2 heterocycles. The summed E-state index contributed by atoms with van der Waals surface area (Å²) in [6, 6.07) is 7.88. The molecule has 8 heteroatoms. The van der Waals surface area contributed by atoms with E-state index in [-0.39, 0.29) is 22.6 Å². The number of pyridine rings is 1. The molecule has 0 spiro atoms. The second-order valence-electron chi connectivity index (χ2n) is 8.60. The lowest BCUT2D eigenvalue weighted by Crippen LogP contribution is -2.32. The van der Waals surface area contributed by atoms with Crippen molar-refractivity contribution >= 4 is 28.2 Å². The van der Waals surface area contributed by atoms with Crippen LogP contribution in [0.5, 0.6) is 0 Å². The van der Waals surface area contributed by atoms with Crippen LogP contribution in [0.2, 0.25) is 0 Å². The van der Waals surface area contributed by atoms with Gasteiger partial charge in [-0.3, -0.25) is 19.7 Å². The third kappa shape index (κ3) is 4.34. The molecule has 31 heavy (non-hydrogen) atoms. The minimum atomic E-state index is -0.632. The Hall–Kier alpha value is -3.13. The van der Waals surface area contributed by atoms with Crippen LogP contribution in [0, 0.1) is 18.2 Å². The van der Waals surface area contributed by atoms with Crippen LogP contribution in [0.4, 0.5) is 9.52 Å². The fourth-order valence-electron chi connectivity index (χ4n) is 3.82. The molecule has 1 aliphatic rings. The maximum Gasteiger partial charge on any atom is 0.263 e. The molecule has 2 N–H and O–H groups in total. The minimum absolute atomic E-state index is 0.0891. The van der Waals surface area contributed by atoms with Gasteiger partial charge >= 0.3 is 0 Å². The highest BCUT2D eigenvalue weighted by atomic mass is 32.1. The van der Waals surface area contributed by atoms with Crippen molar-refractivity contribution in [1.29, 1.82) is 0 Å². The Balaban J connectivity index is 1.57.